The van der Waals surface area contributed by atoms with Crippen molar-refractivity contribution in [1.82, 2.24) is 4.98 Å². The Morgan fingerprint density at radius 1 is 1.11 bits per heavy atom. The number of hydrogen-bond acceptors (Lipinski definition) is 4. The van der Waals surface area contributed by atoms with Crippen LogP contribution in [0.3, 0.4) is 0 Å². The number of benzene rings is 2. The molecule has 0 fully saturated rings. The molecule has 3 aromatic rings. The van der Waals surface area contributed by atoms with E-state index >= 15 is 0 Å². The summed E-state index contributed by atoms with van der Waals surface area (Å²) in [6.07, 6.45) is 1.82. The van der Waals surface area contributed by atoms with Crippen molar-refractivity contribution in [1.29, 1.82) is 0 Å². The smallest absolute Gasteiger partial charge is 0.210 e. The predicted molar refractivity (Wildman–Crippen MR) is 79.9 cm³/mol. The van der Waals surface area contributed by atoms with E-state index in [9.17, 15) is 0 Å². The molecule has 3 nitrogen and oxygen atoms in total. The molecule has 0 radical (unpaired) electrons. The Morgan fingerprint density at radius 2 is 1.89 bits per heavy atom. The number of aliphatic imine (C=N–C) groups is 1. The van der Waals surface area contributed by atoms with Crippen LogP contribution in [0.5, 0.6) is 5.75 Å². The lowest BCUT2D eigenvalue weighted by atomic mass is 10.2. The van der Waals surface area contributed by atoms with Crippen LogP contribution in [0.2, 0.25) is 0 Å². The van der Waals surface area contributed by atoms with Gasteiger partial charge in [0, 0.05) is 6.21 Å². The fourth-order valence-corrected chi connectivity index (χ4v) is 2.55. The Balaban J connectivity index is 1.84. The molecule has 1 aromatic heterocycles. The van der Waals surface area contributed by atoms with Gasteiger partial charge in [-0.1, -0.05) is 23.5 Å². The third-order valence-corrected chi connectivity index (χ3v) is 3.67. The van der Waals surface area contributed by atoms with Crippen LogP contribution in [0.15, 0.2) is 53.5 Å². The fourth-order valence-electron chi connectivity index (χ4n) is 1.73. The van der Waals surface area contributed by atoms with Crippen molar-refractivity contribution < 1.29 is 4.74 Å². The Labute approximate surface area is 115 Å². The molecule has 0 bridgehead atoms. The highest BCUT2D eigenvalue weighted by molar-refractivity contribution is 7.22. The molecule has 0 aliphatic rings. The molecule has 0 N–H and O–H groups in total. The lowest BCUT2D eigenvalue weighted by Gasteiger charge is -1.98. The highest BCUT2D eigenvalue weighted by atomic mass is 32.1. The Kier molecular flexibility index (Phi) is 3.25. The lowest BCUT2D eigenvalue weighted by Crippen LogP contribution is -1.84. The van der Waals surface area contributed by atoms with Crippen LogP contribution in [0.4, 0.5) is 5.13 Å². The molecule has 0 unspecified atom stereocenters. The van der Waals surface area contributed by atoms with Gasteiger partial charge < -0.3 is 4.74 Å². The summed E-state index contributed by atoms with van der Waals surface area (Å²) in [5.74, 6) is 0.845. The van der Waals surface area contributed by atoms with Gasteiger partial charge in [0.25, 0.3) is 0 Å². The summed E-state index contributed by atoms with van der Waals surface area (Å²) in [4.78, 5) is 8.87. The monoisotopic (exact) mass is 268 g/mol. The van der Waals surface area contributed by atoms with Gasteiger partial charge in [0.05, 0.1) is 17.3 Å². The highest BCUT2D eigenvalue weighted by Crippen LogP contribution is 2.27. The van der Waals surface area contributed by atoms with Crippen molar-refractivity contribution in [3.05, 3.63) is 54.1 Å². The molecule has 4 heteroatoms. The minimum Gasteiger partial charge on any atom is -0.497 e. The van der Waals surface area contributed by atoms with E-state index in [0.29, 0.717) is 0 Å². The standard InChI is InChI=1S/C15H12N2OS/c1-18-12-8-6-11(7-9-12)10-16-15-17-13-4-2-3-5-14(13)19-15/h2-10H,1H3/b16-10+. The molecule has 19 heavy (non-hydrogen) atoms. The molecule has 0 aliphatic carbocycles. The van der Waals surface area contributed by atoms with Crippen molar-refractivity contribution in [3.63, 3.8) is 0 Å². The normalized spacial score (nSPS) is 11.2. The summed E-state index contributed by atoms with van der Waals surface area (Å²) < 4.78 is 6.27. The molecular formula is C15H12N2OS. The molecule has 0 saturated carbocycles. The third-order valence-electron chi connectivity index (χ3n) is 2.72. The molecule has 94 valence electrons. The van der Waals surface area contributed by atoms with E-state index in [-0.39, 0.29) is 0 Å². The molecule has 0 atom stereocenters. The van der Waals surface area contributed by atoms with Crippen LogP contribution in [-0.4, -0.2) is 18.3 Å². The van der Waals surface area contributed by atoms with Crippen molar-refractivity contribution in [2.45, 2.75) is 0 Å². The van der Waals surface area contributed by atoms with E-state index in [1.165, 1.54) is 0 Å². The molecule has 3 rings (SSSR count). The van der Waals surface area contributed by atoms with Gasteiger partial charge in [0.15, 0.2) is 0 Å². The van der Waals surface area contributed by atoms with Gasteiger partial charge in [-0.3, -0.25) is 0 Å². The zero-order valence-electron chi connectivity index (χ0n) is 10.4. The summed E-state index contributed by atoms with van der Waals surface area (Å²) in [5, 5.41) is 0.775. The van der Waals surface area contributed by atoms with Crippen LogP contribution in [0.25, 0.3) is 10.2 Å². The maximum atomic E-state index is 5.12. The van der Waals surface area contributed by atoms with Crippen molar-refractivity contribution in [3.8, 4) is 5.75 Å². The number of thiazole rings is 1. The Bertz CT molecular complexity index is 683. The molecule has 0 amide bonds. The second kappa shape index (κ2) is 5.20. The van der Waals surface area contributed by atoms with E-state index in [1.807, 2.05) is 48.7 Å². The first kappa shape index (κ1) is 11.9. The summed E-state index contributed by atoms with van der Waals surface area (Å²) in [7, 11) is 1.66. The van der Waals surface area contributed by atoms with Crippen LogP contribution >= 0.6 is 11.3 Å². The molecule has 0 aliphatic heterocycles. The number of aromatic nitrogens is 1. The van der Waals surface area contributed by atoms with Gasteiger partial charge in [0.1, 0.15) is 5.75 Å². The Hall–Kier alpha value is -2.20. The second-order valence-electron chi connectivity index (χ2n) is 4.00. The third kappa shape index (κ3) is 2.63. The molecule has 1 heterocycles. The minimum atomic E-state index is 0.775. The molecule has 0 spiro atoms. The number of fused-ring (bicyclic) bond motifs is 1. The predicted octanol–water partition coefficient (Wildman–Crippen LogP) is 4.06. The average Bonchev–Trinajstić information content (AvgIpc) is 2.88. The maximum Gasteiger partial charge on any atom is 0.210 e. The van der Waals surface area contributed by atoms with Crippen molar-refractivity contribution in [2.75, 3.05) is 7.11 Å². The van der Waals surface area contributed by atoms with Gasteiger partial charge in [-0.05, 0) is 42.0 Å². The zero-order chi connectivity index (χ0) is 13.1. The minimum absolute atomic E-state index is 0.775. The van der Waals surface area contributed by atoms with Gasteiger partial charge >= 0.3 is 0 Å². The number of ether oxygens (including phenoxy) is 1. The fraction of sp³-hybridized carbons (Fsp3) is 0.0667. The van der Waals surface area contributed by atoms with Gasteiger partial charge in [-0.2, -0.15) is 0 Å². The van der Waals surface area contributed by atoms with E-state index in [4.69, 9.17) is 4.74 Å². The molecular weight excluding hydrogens is 256 g/mol. The number of rotatable bonds is 3. The first-order valence-electron chi connectivity index (χ1n) is 5.89. The quantitative estimate of drug-likeness (QED) is 0.671. The van der Waals surface area contributed by atoms with Gasteiger partial charge in [-0.15, -0.1) is 0 Å². The topological polar surface area (TPSA) is 34.5 Å². The highest BCUT2D eigenvalue weighted by Gasteiger charge is 2.00. The average molecular weight is 268 g/mol. The summed E-state index contributed by atoms with van der Waals surface area (Å²) in [6.45, 7) is 0. The summed E-state index contributed by atoms with van der Waals surface area (Å²) in [5.41, 5.74) is 2.02. The largest absolute Gasteiger partial charge is 0.497 e. The summed E-state index contributed by atoms with van der Waals surface area (Å²) in [6, 6.07) is 15.8. The SMILES string of the molecule is COc1ccc(/C=N/c2nc3ccccc3s2)cc1. The zero-order valence-corrected chi connectivity index (χ0v) is 11.2. The maximum absolute atomic E-state index is 5.12. The van der Waals surface area contributed by atoms with Crippen LogP contribution in [-0.2, 0) is 0 Å². The van der Waals surface area contributed by atoms with Gasteiger partial charge in [0.2, 0.25) is 5.13 Å². The first-order chi connectivity index (χ1) is 9.35. The second-order valence-corrected chi connectivity index (χ2v) is 5.00. The molecule has 0 saturated heterocycles. The number of nitrogens with zero attached hydrogens (tertiary/aromatic N) is 2. The number of hydrogen-bond donors (Lipinski definition) is 0. The Morgan fingerprint density at radius 3 is 2.63 bits per heavy atom. The number of methoxy groups -OCH3 is 1. The lowest BCUT2D eigenvalue weighted by molar-refractivity contribution is 0.415. The first-order valence-corrected chi connectivity index (χ1v) is 6.70. The molecule has 2 aromatic carbocycles. The van der Waals surface area contributed by atoms with Gasteiger partial charge in [-0.25, -0.2) is 9.98 Å². The van der Waals surface area contributed by atoms with E-state index < -0.39 is 0 Å². The van der Waals surface area contributed by atoms with Crippen LogP contribution < -0.4 is 4.74 Å². The van der Waals surface area contributed by atoms with Crippen molar-refractivity contribution in [2.24, 2.45) is 4.99 Å². The van der Waals surface area contributed by atoms with E-state index in [0.717, 1.165) is 26.7 Å². The van der Waals surface area contributed by atoms with E-state index in [1.54, 1.807) is 18.4 Å². The van der Waals surface area contributed by atoms with E-state index in [2.05, 4.69) is 16.0 Å². The summed E-state index contributed by atoms with van der Waals surface area (Å²) >= 11 is 1.59. The van der Waals surface area contributed by atoms with Crippen LogP contribution in [0.1, 0.15) is 5.56 Å². The van der Waals surface area contributed by atoms with Crippen molar-refractivity contribution >= 4 is 32.9 Å². The number of para-hydroxylation sites is 1. The van der Waals surface area contributed by atoms with Crippen LogP contribution in [0, 0.1) is 0 Å².